The van der Waals surface area contributed by atoms with Gasteiger partial charge in [0.2, 0.25) is 0 Å². The fourth-order valence-corrected chi connectivity index (χ4v) is 2.97. The van der Waals surface area contributed by atoms with Crippen LogP contribution in [0.4, 0.5) is 18.9 Å². The number of hydrogen-bond donors (Lipinski definition) is 0. The van der Waals surface area contributed by atoms with E-state index < -0.39 is 17.8 Å². The first-order valence-electron chi connectivity index (χ1n) is 7.21. The van der Waals surface area contributed by atoms with Gasteiger partial charge < -0.3 is 0 Å². The van der Waals surface area contributed by atoms with Crippen LogP contribution in [-0.2, 0) is 11.0 Å². The number of amides is 1. The molecule has 0 aliphatic carbocycles. The van der Waals surface area contributed by atoms with Gasteiger partial charge in [0.15, 0.2) is 0 Å². The maximum Gasteiger partial charge on any atom is 0.416 e. The number of carbonyl (C=O) groups excluding carboxylic acids is 1. The van der Waals surface area contributed by atoms with Gasteiger partial charge in [-0.15, -0.1) is 0 Å². The van der Waals surface area contributed by atoms with Gasteiger partial charge in [-0.1, -0.05) is 29.8 Å². The summed E-state index contributed by atoms with van der Waals surface area (Å²) in [5.41, 5.74) is 0.978. The van der Waals surface area contributed by atoms with E-state index in [2.05, 4.69) is 0 Å². The Morgan fingerprint density at radius 2 is 1.75 bits per heavy atom. The molecule has 1 aliphatic heterocycles. The standard InChI is InChI=1S/C18H13ClF3NO/c1-11-9-16(24)23(17(11)12-5-7-14(19)8-6-12)15-4-2-3-13(10-15)18(20,21)22/h2-10,17H,1H3/t17-/m0/s1. The minimum atomic E-state index is -4.46. The van der Waals surface area contributed by atoms with Gasteiger partial charge >= 0.3 is 6.18 Å². The third-order valence-electron chi connectivity index (χ3n) is 3.92. The topological polar surface area (TPSA) is 20.3 Å². The summed E-state index contributed by atoms with van der Waals surface area (Å²) in [5, 5.41) is 0.551. The fourth-order valence-electron chi connectivity index (χ4n) is 2.84. The molecular weight excluding hydrogens is 339 g/mol. The molecule has 1 atom stereocenters. The number of anilines is 1. The van der Waals surface area contributed by atoms with E-state index in [0.717, 1.165) is 23.3 Å². The highest BCUT2D eigenvalue weighted by molar-refractivity contribution is 6.30. The molecule has 0 unspecified atom stereocenters. The molecule has 0 fully saturated rings. The number of benzene rings is 2. The van der Waals surface area contributed by atoms with Gasteiger partial charge in [0.25, 0.3) is 5.91 Å². The van der Waals surface area contributed by atoms with Crippen LogP contribution < -0.4 is 4.90 Å². The van der Waals surface area contributed by atoms with Crippen molar-refractivity contribution < 1.29 is 18.0 Å². The van der Waals surface area contributed by atoms with E-state index in [1.54, 1.807) is 31.2 Å². The molecule has 1 heterocycles. The Bertz CT molecular complexity index is 812. The van der Waals surface area contributed by atoms with E-state index in [9.17, 15) is 18.0 Å². The summed E-state index contributed by atoms with van der Waals surface area (Å²) in [6.07, 6.45) is -3.02. The van der Waals surface area contributed by atoms with Crippen molar-refractivity contribution in [1.29, 1.82) is 0 Å². The Kier molecular flexibility index (Phi) is 4.13. The van der Waals surface area contributed by atoms with Crippen molar-refractivity contribution in [3.05, 3.63) is 76.3 Å². The molecule has 0 saturated carbocycles. The monoisotopic (exact) mass is 351 g/mol. The van der Waals surface area contributed by atoms with Crippen LogP contribution in [-0.4, -0.2) is 5.91 Å². The summed E-state index contributed by atoms with van der Waals surface area (Å²) in [6.45, 7) is 1.78. The first-order valence-corrected chi connectivity index (χ1v) is 7.59. The van der Waals surface area contributed by atoms with Gasteiger partial charge in [0, 0.05) is 16.8 Å². The Balaban J connectivity index is 2.05. The van der Waals surface area contributed by atoms with Crippen molar-refractivity contribution in [2.75, 3.05) is 4.90 Å². The largest absolute Gasteiger partial charge is 0.416 e. The first kappa shape index (κ1) is 16.6. The van der Waals surface area contributed by atoms with Crippen LogP contribution >= 0.6 is 11.6 Å². The van der Waals surface area contributed by atoms with Gasteiger partial charge in [-0.2, -0.15) is 13.2 Å². The molecule has 0 saturated heterocycles. The molecule has 0 spiro atoms. The maximum atomic E-state index is 13.0. The molecule has 6 heteroatoms. The summed E-state index contributed by atoms with van der Waals surface area (Å²) in [5.74, 6) is -0.341. The average molecular weight is 352 g/mol. The molecule has 0 aromatic heterocycles. The number of alkyl halides is 3. The Morgan fingerprint density at radius 3 is 2.38 bits per heavy atom. The SMILES string of the molecule is CC1=CC(=O)N(c2cccc(C(F)(F)F)c2)[C@@H]1c1ccc(Cl)cc1. The number of hydrogen-bond acceptors (Lipinski definition) is 1. The zero-order valence-corrected chi connectivity index (χ0v) is 13.4. The smallest absolute Gasteiger partial charge is 0.298 e. The van der Waals surface area contributed by atoms with E-state index in [4.69, 9.17) is 11.6 Å². The van der Waals surface area contributed by atoms with E-state index in [1.807, 2.05) is 0 Å². The predicted octanol–water partition coefficient (Wildman–Crippen LogP) is 5.39. The van der Waals surface area contributed by atoms with Crippen molar-refractivity contribution in [2.45, 2.75) is 19.1 Å². The molecule has 1 aliphatic rings. The van der Waals surface area contributed by atoms with Crippen molar-refractivity contribution in [1.82, 2.24) is 0 Å². The Hall–Kier alpha value is -2.27. The van der Waals surface area contributed by atoms with E-state index in [-0.39, 0.29) is 11.6 Å². The highest BCUT2D eigenvalue weighted by Gasteiger charge is 2.35. The predicted molar refractivity (Wildman–Crippen MR) is 86.9 cm³/mol. The zero-order chi connectivity index (χ0) is 17.5. The summed E-state index contributed by atoms with van der Waals surface area (Å²) in [6, 6.07) is 11.3. The molecule has 0 bridgehead atoms. The van der Waals surface area contributed by atoms with Crippen LogP contribution in [0.2, 0.25) is 5.02 Å². The summed E-state index contributed by atoms with van der Waals surface area (Å²) < 4.78 is 38.9. The number of carbonyl (C=O) groups is 1. The van der Waals surface area contributed by atoms with Crippen LogP contribution in [0.3, 0.4) is 0 Å². The fraction of sp³-hybridized carbons (Fsp3) is 0.167. The third kappa shape index (κ3) is 3.04. The lowest BCUT2D eigenvalue weighted by atomic mass is 10.0. The third-order valence-corrected chi connectivity index (χ3v) is 4.17. The van der Waals surface area contributed by atoms with Crippen LogP contribution in [0.5, 0.6) is 0 Å². The van der Waals surface area contributed by atoms with Gasteiger partial charge in [-0.05, 0) is 48.4 Å². The summed E-state index contributed by atoms with van der Waals surface area (Å²) in [4.78, 5) is 13.7. The van der Waals surface area contributed by atoms with Crippen molar-refractivity contribution >= 4 is 23.2 Å². The summed E-state index contributed by atoms with van der Waals surface area (Å²) >= 11 is 5.89. The second kappa shape index (κ2) is 5.98. The van der Waals surface area contributed by atoms with Crippen molar-refractivity contribution in [2.24, 2.45) is 0 Å². The molecular formula is C18H13ClF3NO. The Labute approximate surface area is 142 Å². The molecule has 2 aromatic carbocycles. The Morgan fingerprint density at radius 1 is 1.08 bits per heavy atom. The maximum absolute atomic E-state index is 13.0. The molecule has 0 N–H and O–H groups in total. The molecule has 124 valence electrons. The van der Waals surface area contributed by atoms with E-state index >= 15 is 0 Å². The average Bonchev–Trinajstić information content (AvgIpc) is 2.82. The van der Waals surface area contributed by atoms with Crippen LogP contribution in [0.15, 0.2) is 60.2 Å². The van der Waals surface area contributed by atoms with Gasteiger partial charge in [0.1, 0.15) is 0 Å². The van der Waals surface area contributed by atoms with Crippen molar-refractivity contribution in [3.63, 3.8) is 0 Å². The highest BCUT2D eigenvalue weighted by atomic mass is 35.5. The van der Waals surface area contributed by atoms with Crippen LogP contribution in [0.25, 0.3) is 0 Å². The van der Waals surface area contributed by atoms with Gasteiger partial charge in [0.05, 0.1) is 11.6 Å². The quantitative estimate of drug-likeness (QED) is 0.710. The normalized spacial score (nSPS) is 18.0. The van der Waals surface area contributed by atoms with Crippen molar-refractivity contribution in [3.8, 4) is 0 Å². The number of halogens is 4. The van der Waals surface area contributed by atoms with Gasteiger partial charge in [-0.3, -0.25) is 9.69 Å². The lowest BCUT2D eigenvalue weighted by Crippen LogP contribution is -2.29. The van der Waals surface area contributed by atoms with E-state index in [1.165, 1.54) is 23.1 Å². The summed E-state index contributed by atoms with van der Waals surface area (Å²) in [7, 11) is 0. The van der Waals surface area contributed by atoms with Gasteiger partial charge in [-0.25, -0.2) is 0 Å². The molecule has 2 aromatic rings. The lowest BCUT2D eigenvalue weighted by molar-refractivity contribution is -0.137. The van der Waals surface area contributed by atoms with Crippen LogP contribution in [0.1, 0.15) is 24.1 Å². The zero-order valence-electron chi connectivity index (χ0n) is 12.6. The minimum absolute atomic E-state index is 0.211. The molecule has 1 amide bonds. The van der Waals surface area contributed by atoms with E-state index in [0.29, 0.717) is 5.02 Å². The van der Waals surface area contributed by atoms with Crippen LogP contribution in [0, 0.1) is 0 Å². The number of nitrogens with zero attached hydrogens (tertiary/aromatic N) is 1. The second-order valence-corrected chi connectivity index (χ2v) is 6.04. The molecule has 0 radical (unpaired) electrons. The molecule has 3 rings (SSSR count). The second-order valence-electron chi connectivity index (χ2n) is 5.60. The minimum Gasteiger partial charge on any atom is -0.298 e. The highest BCUT2D eigenvalue weighted by Crippen LogP contribution is 2.39. The molecule has 24 heavy (non-hydrogen) atoms. The lowest BCUT2D eigenvalue weighted by Gasteiger charge is -2.27. The number of rotatable bonds is 2. The molecule has 2 nitrogen and oxygen atoms in total. The first-order chi connectivity index (χ1) is 11.3.